The maximum Gasteiger partial charge on any atom is 0.321 e. The topological polar surface area (TPSA) is 126 Å². The maximum atomic E-state index is 12.8. The Morgan fingerprint density at radius 3 is 2.41 bits per heavy atom. The molecular weight excluding hydrogens is 494 g/mol. The molecule has 11 nitrogen and oxygen atoms in total. The summed E-state index contributed by atoms with van der Waals surface area (Å²) in [5, 5.41) is 4.02. The van der Waals surface area contributed by atoms with Gasteiger partial charge in [-0.25, -0.2) is 24.7 Å². The predicted octanol–water partition coefficient (Wildman–Crippen LogP) is 2.95. The number of likely N-dealkylation sites (N-methyl/N-ethyl adjacent to an activating group) is 1. The first-order valence-electron chi connectivity index (χ1n) is 13.1. The normalized spacial score (nSPS) is 16.4. The van der Waals surface area contributed by atoms with Crippen molar-refractivity contribution in [3.63, 3.8) is 0 Å². The second-order valence-corrected chi connectivity index (χ2v) is 9.83. The van der Waals surface area contributed by atoms with E-state index >= 15 is 0 Å². The molecule has 11 heteroatoms. The van der Waals surface area contributed by atoms with Gasteiger partial charge in [-0.2, -0.15) is 0 Å². The number of hydrogen-bond acceptors (Lipinski definition) is 9. The summed E-state index contributed by atoms with van der Waals surface area (Å²) in [6.45, 7) is 6.00. The smallest absolute Gasteiger partial charge is 0.321 e. The molecule has 0 atom stereocenters. The fourth-order valence-corrected chi connectivity index (χ4v) is 4.88. The number of hydrogen-bond donors (Lipinski definition) is 2. The monoisotopic (exact) mass is 525 g/mol. The average molecular weight is 526 g/mol. The van der Waals surface area contributed by atoms with Crippen LogP contribution in [0.2, 0.25) is 0 Å². The molecule has 2 aromatic heterocycles. The zero-order valence-electron chi connectivity index (χ0n) is 21.9. The van der Waals surface area contributed by atoms with Crippen LogP contribution in [0.15, 0.2) is 54.9 Å². The van der Waals surface area contributed by atoms with Crippen molar-refractivity contribution < 1.29 is 9.53 Å². The number of amides is 2. The van der Waals surface area contributed by atoms with Crippen LogP contribution >= 0.6 is 0 Å². The summed E-state index contributed by atoms with van der Waals surface area (Å²) in [7, 11) is 2.07. The van der Waals surface area contributed by atoms with Crippen molar-refractivity contribution in [2.45, 2.75) is 0 Å². The third kappa shape index (κ3) is 5.45. The molecular formula is C28H31N9O2. The first-order chi connectivity index (χ1) is 19.0. The van der Waals surface area contributed by atoms with Crippen molar-refractivity contribution in [1.29, 1.82) is 0 Å². The van der Waals surface area contributed by atoms with E-state index in [-0.39, 0.29) is 12.0 Å². The lowest BCUT2D eigenvalue weighted by Crippen LogP contribution is -2.48. The minimum absolute atomic E-state index is 0.0722. The van der Waals surface area contributed by atoms with Crippen LogP contribution in [0.3, 0.4) is 0 Å². The van der Waals surface area contributed by atoms with Gasteiger partial charge in [-0.1, -0.05) is 18.2 Å². The Kier molecular flexibility index (Phi) is 6.91. The number of nitrogens with two attached hydrogens (primary N) is 1. The van der Waals surface area contributed by atoms with Gasteiger partial charge in [-0.3, -0.25) is 0 Å². The lowest BCUT2D eigenvalue weighted by molar-refractivity contribution is 0.122. The molecule has 2 amide bonds. The van der Waals surface area contributed by atoms with Gasteiger partial charge in [0, 0.05) is 62.7 Å². The Morgan fingerprint density at radius 2 is 1.64 bits per heavy atom. The number of anilines is 3. The Balaban J connectivity index is 1.34. The molecule has 0 unspecified atom stereocenters. The molecule has 39 heavy (non-hydrogen) atoms. The van der Waals surface area contributed by atoms with Crippen molar-refractivity contribution >= 4 is 34.4 Å². The number of aromatic nitrogens is 4. The van der Waals surface area contributed by atoms with Crippen molar-refractivity contribution in [2.24, 2.45) is 0 Å². The van der Waals surface area contributed by atoms with Crippen LogP contribution in [-0.2, 0) is 4.74 Å². The number of nitrogens with zero attached hydrogens (tertiary/aromatic N) is 7. The summed E-state index contributed by atoms with van der Waals surface area (Å²) < 4.78 is 5.57. The van der Waals surface area contributed by atoms with Crippen LogP contribution in [0.25, 0.3) is 33.4 Å². The van der Waals surface area contributed by atoms with Gasteiger partial charge in [0.25, 0.3) is 0 Å². The second-order valence-electron chi connectivity index (χ2n) is 9.83. The molecule has 2 aliphatic rings. The van der Waals surface area contributed by atoms with E-state index in [1.165, 1.54) is 0 Å². The van der Waals surface area contributed by atoms with Gasteiger partial charge in [-0.15, -0.1) is 0 Å². The van der Waals surface area contributed by atoms with Gasteiger partial charge in [0.05, 0.1) is 24.3 Å². The highest BCUT2D eigenvalue weighted by Gasteiger charge is 2.20. The summed E-state index contributed by atoms with van der Waals surface area (Å²) in [4.78, 5) is 37.2. The molecule has 6 rings (SSSR count). The predicted molar refractivity (Wildman–Crippen MR) is 152 cm³/mol. The third-order valence-corrected chi connectivity index (χ3v) is 7.16. The van der Waals surface area contributed by atoms with Crippen LogP contribution in [-0.4, -0.2) is 95.3 Å². The van der Waals surface area contributed by atoms with E-state index in [1.807, 2.05) is 29.2 Å². The fraction of sp³-hybridized carbons (Fsp3) is 0.321. The highest BCUT2D eigenvalue weighted by atomic mass is 16.5. The zero-order valence-corrected chi connectivity index (χ0v) is 21.9. The largest absolute Gasteiger partial charge is 0.378 e. The zero-order chi connectivity index (χ0) is 26.8. The van der Waals surface area contributed by atoms with Gasteiger partial charge < -0.3 is 30.5 Å². The van der Waals surface area contributed by atoms with E-state index in [2.05, 4.69) is 50.3 Å². The van der Waals surface area contributed by atoms with E-state index < -0.39 is 0 Å². The number of morpholine rings is 1. The fourth-order valence-electron chi connectivity index (χ4n) is 4.88. The number of nitrogen functional groups attached to an aromatic ring is 1. The van der Waals surface area contributed by atoms with Gasteiger partial charge in [-0.05, 0) is 42.4 Å². The standard InChI is InChI=1S/C28H31N9O2/c1-35-7-9-37(10-8-35)28(38)32-22-4-2-3-19(15-22)20-5-6-23-24(16-20)33-25(21-17-30-27(29)31-18-21)34-26(23)36-11-13-39-14-12-36/h2-6,15-18H,7-14H2,1H3,(H,32,38)(H2,29,30,31). The molecule has 0 spiro atoms. The Hall–Kier alpha value is -4.35. The summed E-state index contributed by atoms with van der Waals surface area (Å²) in [5.41, 5.74) is 9.93. The first kappa shape index (κ1) is 25.0. The number of rotatable bonds is 4. The van der Waals surface area contributed by atoms with Gasteiger partial charge in [0.2, 0.25) is 5.95 Å². The highest BCUT2D eigenvalue weighted by Crippen LogP contribution is 2.32. The van der Waals surface area contributed by atoms with Gasteiger partial charge in [0.1, 0.15) is 5.82 Å². The number of ether oxygens (including phenoxy) is 1. The maximum absolute atomic E-state index is 12.8. The number of urea groups is 1. The first-order valence-corrected chi connectivity index (χ1v) is 13.1. The molecule has 2 fully saturated rings. The van der Waals surface area contributed by atoms with Gasteiger partial charge in [0.15, 0.2) is 5.82 Å². The van der Waals surface area contributed by atoms with Crippen molar-refractivity contribution in [1.82, 2.24) is 29.7 Å². The number of carbonyl (C=O) groups is 1. The van der Waals surface area contributed by atoms with Crippen molar-refractivity contribution in [2.75, 3.05) is 75.5 Å². The molecule has 0 saturated carbocycles. The van der Waals surface area contributed by atoms with Crippen LogP contribution in [0.5, 0.6) is 0 Å². The Bertz CT molecular complexity index is 1480. The summed E-state index contributed by atoms with van der Waals surface area (Å²) in [5.74, 6) is 1.60. The molecule has 3 N–H and O–H groups in total. The lowest BCUT2D eigenvalue weighted by atomic mass is 10.0. The molecule has 2 aromatic carbocycles. The molecule has 4 aromatic rings. The van der Waals surface area contributed by atoms with Crippen LogP contribution in [0.1, 0.15) is 0 Å². The Labute approximate surface area is 226 Å². The van der Waals surface area contributed by atoms with Crippen LogP contribution < -0.4 is 16.0 Å². The second kappa shape index (κ2) is 10.8. The summed E-state index contributed by atoms with van der Waals surface area (Å²) in [6.07, 6.45) is 3.28. The molecule has 4 heterocycles. The quantitative estimate of drug-likeness (QED) is 0.414. The van der Waals surface area contributed by atoms with Crippen LogP contribution in [0.4, 0.5) is 22.2 Å². The van der Waals surface area contributed by atoms with Crippen molar-refractivity contribution in [3.05, 3.63) is 54.9 Å². The Morgan fingerprint density at radius 1 is 0.897 bits per heavy atom. The lowest BCUT2D eigenvalue weighted by Gasteiger charge is -2.32. The molecule has 2 aliphatic heterocycles. The van der Waals surface area contributed by atoms with Crippen LogP contribution in [0, 0.1) is 0 Å². The number of piperazine rings is 1. The third-order valence-electron chi connectivity index (χ3n) is 7.16. The van der Waals surface area contributed by atoms with E-state index in [1.54, 1.807) is 12.4 Å². The van der Waals surface area contributed by atoms with Crippen molar-refractivity contribution in [3.8, 4) is 22.5 Å². The number of benzene rings is 2. The summed E-state index contributed by atoms with van der Waals surface area (Å²) in [6, 6.07) is 14.0. The minimum Gasteiger partial charge on any atom is -0.378 e. The number of nitrogens with one attached hydrogen (secondary N) is 1. The minimum atomic E-state index is -0.0722. The average Bonchev–Trinajstić information content (AvgIpc) is 2.97. The van der Waals surface area contributed by atoms with E-state index in [9.17, 15) is 4.79 Å². The van der Waals surface area contributed by atoms with E-state index in [4.69, 9.17) is 20.4 Å². The molecule has 0 bridgehead atoms. The van der Waals surface area contributed by atoms with Gasteiger partial charge >= 0.3 is 6.03 Å². The molecule has 0 aliphatic carbocycles. The van der Waals surface area contributed by atoms with E-state index in [0.29, 0.717) is 24.6 Å². The molecule has 2 saturated heterocycles. The number of carbonyl (C=O) groups excluding carboxylic acids is 1. The summed E-state index contributed by atoms with van der Waals surface area (Å²) >= 11 is 0. The molecule has 0 radical (unpaired) electrons. The SMILES string of the molecule is CN1CCN(C(=O)Nc2cccc(-c3ccc4c(N5CCOCC5)nc(-c5cnc(N)nc5)nc4c3)c2)CC1. The highest BCUT2D eigenvalue weighted by molar-refractivity contribution is 5.95. The van der Waals surface area contributed by atoms with E-state index in [0.717, 1.165) is 72.8 Å². The number of fused-ring (bicyclic) bond motifs is 1. The molecule has 200 valence electrons.